The summed E-state index contributed by atoms with van der Waals surface area (Å²) in [7, 11) is -0.680. The smallest absolute Gasteiger partial charge is 0.301 e. The van der Waals surface area contributed by atoms with Crippen molar-refractivity contribution in [3.63, 3.8) is 0 Å². The molecule has 2 aromatic rings. The molecule has 9 heteroatoms. The van der Waals surface area contributed by atoms with Crippen LogP contribution in [0.4, 0.5) is 10.1 Å². The minimum atomic E-state index is -3.65. The molecule has 0 atom stereocenters. The van der Waals surface area contributed by atoms with Crippen molar-refractivity contribution >= 4 is 15.9 Å². The minimum absolute atomic E-state index is 0.246. The summed E-state index contributed by atoms with van der Waals surface area (Å²) < 4.78 is 47.1. The van der Waals surface area contributed by atoms with Gasteiger partial charge in [-0.25, -0.2) is 4.39 Å². The third kappa shape index (κ3) is 5.02. The highest BCUT2D eigenvalue weighted by Gasteiger charge is 2.17. The molecule has 1 aromatic carbocycles. The monoisotopic (exact) mass is 342 g/mol. The van der Waals surface area contributed by atoms with Crippen LogP contribution in [0.5, 0.6) is 0 Å². The number of hydrogen-bond acceptors (Lipinski definition) is 4. The van der Waals surface area contributed by atoms with Gasteiger partial charge in [0.1, 0.15) is 5.82 Å². The molecule has 2 rings (SSSR count). The molecule has 1 heterocycles. The Morgan fingerprint density at radius 1 is 1.35 bits per heavy atom. The van der Waals surface area contributed by atoms with Gasteiger partial charge in [0.15, 0.2) is 0 Å². The van der Waals surface area contributed by atoms with Crippen LogP contribution in [0.1, 0.15) is 5.56 Å². The van der Waals surface area contributed by atoms with Gasteiger partial charge in [-0.05, 0) is 17.7 Å². The molecule has 7 nitrogen and oxygen atoms in total. The second-order valence-corrected chi connectivity index (χ2v) is 6.75. The van der Waals surface area contributed by atoms with E-state index in [1.165, 1.54) is 32.5 Å². The number of anilines is 1. The van der Waals surface area contributed by atoms with E-state index in [0.717, 1.165) is 9.87 Å². The summed E-state index contributed by atoms with van der Waals surface area (Å²) in [6.07, 6.45) is 3.00. The molecule has 0 radical (unpaired) electrons. The van der Waals surface area contributed by atoms with Crippen LogP contribution in [0.15, 0.2) is 36.7 Å². The van der Waals surface area contributed by atoms with E-state index in [1.807, 2.05) is 0 Å². The number of aromatic nitrogens is 2. The first-order chi connectivity index (χ1) is 10.9. The number of benzene rings is 1. The Morgan fingerprint density at radius 3 is 2.70 bits per heavy atom. The van der Waals surface area contributed by atoms with Gasteiger partial charge in [0, 0.05) is 26.9 Å². The molecule has 0 aliphatic heterocycles. The van der Waals surface area contributed by atoms with Crippen LogP contribution in [-0.4, -0.2) is 49.8 Å². The highest BCUT2D eigenvalue weighted by atomic mass is 32.2. The fraction of sp³-hybridized carbons (Fsp3) is 0.357. The second-order valence-electron chi connectivity index (χ2n) is 4.97. The molecule has 23 heavy (non-hydrogen) atoms. The van der Waals surface area contributed by atoms with Gasteiger partial charge < -0.3 is 4.74 Å². The molecule has 0 fully saturated rings. The van der Waals surface area contributed by atoms with Gasteiger partial charge in [0.2, 0.25) is 0 Å². The van der Waals surface area contributed by atoms with Gasteiger partial charge in [0.05, 0.1) is 25.0 Å². The fourth-order valence-corrected chi connectivity index (χ4v) is 2.72. The highest BCUT2D eigenvalue weighted by Crippen LogP contribution is 2.11. The summed E-state index contributed by atoms with van der Waals surface area (Å²) in [5.41, 5.74) is 1.22. The van der Waals surface area contributed by atoms with Gasteiger partial charge >= 0.3 is 10.2 Å². The van der Waals surface area contributed by atoms with Crippen molar-refractivity contribution < 1.29 is 17.5 Å². The Bertz CT molecular complexity index is 731. The number of nitrogens with one attached hydrogen (secondary N) is 1. The Balaban J connectivity index is 2.00. The Morgan fingerprint density at radius 2 is 2.04 bits per heavy atom. The molecule has 0 saturated heterocycles. The fourth-order valence-electron chi connectivity index (χ4n) is 1.85. The zero-order valence-electron chi connectivity index (χ0n) is 12.9. The van der Waals surface area contributed by atoms with E-state index in [0.29, 0.717) is 18.8 Å². The van der Waals surface area contributed by atoms with E-state index in [1.54, 1.807) is 23.0 Å². The van der Waals surface area contributed by atoms with E-state index in [9.17, 15) is 12.8 Å². The van der Waals surface area contributed by atoms with Crippen molar-refractivity contribution in [1.82, 2.24) is 14.1 Å². The Labute approximate surface area is 134 Å². The number of likely N-dealkylation sites (N-methyl/N-ethyl adjacent to an activating group) is 1. The van der Waals surface area contributed by atoms with Crippen molar-refractivity contribution in [1.29, 1.82) is 0 Å². The van der Waals surface area contributed by atoms with Crippen molar-refractivity contribution in [3.8, 4) is 0 Å². The maximum Gasteiger partial charge on any atom is 0.301 e. The van der Waals surface area contributed by atoms with E-state index in [2.05, 4.69) is 9.82 Å². The number of ether oxygens (including phenoxy) is 1. The van der Waals surface area contributed by atoms with Crippen LogP contribution < -0.4 is 4.72 Å². The van der Waals surface area contributed by atoms with Crippen LogP contribution in [0.25, 0.3) is 0 Å². The Hall–Kier alpha value is -1.97. The van der Waals surface area contributed by atoms with Crippen LogP contribution in [0.3, 0.4) is 0 Å². The van der Waals surface area contributed by atoms with Gasteiger partial charge in [-0.1, -0.05) is 12.1 Å². The third-order valence-electron chi connectivity index (χ3n) is 3.16. The predicted octanol–water partition coefficient (Wildman–Crippen LogP) is 1.31. The quantitative estimate of drug-likeness (QED) is 0.785. The largest absolute Gasteiger partial charge is 0.383 e. The molecule has 0 bridgehead atoms. The zero-order valence-corrected chi connectivity index (χ0v) is 13.8. The lowest BCUT2D eigenvalue weighted by atomic mass is 10.2. The maximum atomic E-state index is 12.9. The first-order valence-electron chi connectivity index (χ1n) is 6.90. The summed E-state index contributed by atoms with van der Waals surface area (Å²) >= 11 is 0. The SMILES string of the molecule is COCCN(C)S(=O)(=O)Nc1cnn(Cc2ccc(F)cc2)c1. The number of rotatable bonds is 8. The standard InChI is InChI=1S/C14H19FN4O3S/c1-18(7-8-22-2)23(20,21)17-14-9-16-19(11-14)10-12-3-5-13(15)6-4-12/h3-6,9,11,17H,7-8,10H2,1-2H3. The van der Waals surface area contributed by atoms with Crippen molar-refractivity contribution in [2.45, 2.75) is 6.54 Å². The summed E-state index contributed by atoms with van der Waals surface area (Å²) in [5.74, 6) is -0.304. The first kappa shape index (κ1) is 17.4. The van der Waals surface area contributed by atoms with E-state index in [-0.39, 0.29) is 12.4 Å². The second kappa shape index (κ2) is 7.53. The first-order valence-corrected chi connectivity index (χ1v) is 8.34. The molecule has 0 spiro atoms. The molecule has 1 N–H and O–H groups in total. The number of halogens is 1. The Kier molecular flexibility index (Phi) is 5.69. The summed E-state index contributed by atoms with van der Waals surface area (Å²) in [6.45, 7) is 0.971. The highest BCUT2D eigenvalue weighted by molar-refractivity contribution is 7.90. The molecule has 0 saturated carbocycles. The molecule has 0 aliphatic carbocycles. The lowest BCUT2D eigenvalue weighted by Crippen LogP contribution is -2.34. The van der Waals surface area contributed by atoms with Crippen LogP contribution >= 0.6 is 0 Å². The van der Waals surface area contributed by atoms with Crippen LogP contribution in [-0.2, 0) is 21.5 Å². The molecule has 0 amide bonds. The van der Waals surface area contributed by atoms with Crippen molar-refractivity contribution in [2.75, 3.05) is 32.0 Å². The summed E-state index contributed by atoms with van der Waals surface area (Å²) in [6, 6.07) is 6.04. The number of methoxy groups -OCH3 is 1. The number of nitrogens with zero attached hydrogens (tertiary/aromatic N) is 3. The molecule has 1 aromatic heterocycles. The van der Waals surface area contributed by atoms with Gasteiger partial charge in [0.25, 0.3) is 0 Å². The van der Waals surface area contributed by atoms with Crippen molar-refractivity contribution in [3.05, 3.63) is 48.0 Å². The maximum absolute atomic E-state index is 12.9. The summed E-state index contributed by atoms with van der Waals surface area (Å²) in [4.78, 5) is 0. The topological polar surface area (TPSA) is 76.5 Å². The third-order valence-corrected chi connectivity index (χ3v) is 4.66. The van der Waals surface area contributed by atoms with Crippen LogP contribution in [0, 0.1) is 5.82 Å². The van der Waals surface area contributed by atoms with E-state index in [4.69, 9.17) is 4.74 Å². The average Bonchev–Trinajstić information content (AvgIpc) is 2.93. The van der Waals surface area contributed by atoms with Crippen molar-refractivity contribution in [2.24, 2.45) is 0 Å². The average molecular weight is 342 g/mol. The predicted molar refractivity (Wildman–Crippen MR) is 84.8 cm³/mol. The van der Waals surface area contributed by atoms with E-state index < -0.39 is 10.2 Å². The number of hydrogen-bond donors (Lipinski definition) is 1. The van der Waals surface area contributed by atoms with Crippen LogP contribution in [0.2, 0.25) is 0 Å². The molecule has 0 unspecified atom stereocenters. The van der Waals surface area contributed by atoms with Gasteiger partial charge in [-0.2, -0.15) is 17.8 Å². The van der Waals surface area contributed by atoms with Gasteiger partial charge in [-0.15, -0.1) is 0 Å². The lowest BCUT2D eigenvalue weighted by Gasteiger charge is -2.16. The molecule has 126 valence electrons. The minimum Gasteiger partial charge on any atom is -0.383 e. The normalized spacial score (nSPS) is 11.8. The summed E-state index contributed by atoms with van der Waals surface area (Å²) in [5, 5.41) is 4.09. The van der Waals surface area contributed by atoms with Gasteiger partial charge in [-0.3, -0.25) is 9.40 Å². The molecular weight excluding hydrogens is 323 g/mol. The zero-order chi connectivity index (χ0) is 16.9. The molecular formula is C14H19FN4O3S. The lowest BCUT2D eigenvalue weighted by molar-refractivity contribution is 0.185. The molecule has 0 aliphatic rings. The van der Waals surface area contributed by atoms with E-state index >= 15 is 0 Å².